The monoisotopic (exact) mass is 256 g/mol. The first kappa shape index (κ1) is 13.8. The zero-order valence-electron chi connectivity index (χ0n) is 10.0. The Labute approximate surface area is 106 Å². The maximum Gasteiger partial charge on any atom is 0.223 e. The molecule has 0 spiro atoms. The van der Waals surface area contributed by atoms with Crippen LogP contribution in [0.1, 0.15) is 12.0 Å². The van der Waals surface area contributed by atoms with E-state index in [-0.39, 0.29) is 11.7 Å². The molecule has 0 aliphatic heterocycles. The Morgan fingerprint density at radius 3 is 2.76 bits per heavy atom. The number of rotatable bonds is 5. The third kappa shape index (κ3) is 4.63. The quantitative estimate of drug-likeness (QED) is 0.787. The highest BCUT2D eigenvalue weighted by molar-refractivity contribution is 6.32. The van der Waals surface area contributed by atoms with Crippen LogP contribution in [-0.2, 0) is 11.3 Å². The van der Waals surface area contributed by atoms with Crippen LogP contribution in [0.2, 0.25) is 5.02 Å². The lowest BCUT2D eigenvalue weighted by molar-refractivity contribution is -0.128. The molecule has 17 heavy (non-hydrogen) atoms. The van der Waals surface area contributed by atoms with Crippen LogP contribution in [0.4, 0.5) is 0 Å². The summed E-state index contributed by atoms with van der Waals surface area (Å²) < 4.78 is 0. The zero-order valence-corrected chi connectivity index (χ0v) is 10.8. The summed E-state index contributed by atoms with van der Waals surface area (Å²) in [7, 11) is 3.48. The average molecular weight is 257 g/mol. The molecule has 94 valence electrons. The minimum atomic E-state index is 0.0817. The second kappa shape index (κ2) is 6.47. The third-order valence-corrected chi connectivity index (χ3v) is 2.66. The number of phenolic OH excluding ortho intramolecular Hbond substituents is 1. The summed E-state index contributed by atoms with van der Waals surface area (Å²) in [5.41, 5.74) is 0.977. The van der Waals surface area contributed by atoms with Crippen LogP contribution in [0.3, 0.4) is 0 Å². The first-order chi connectivity index (χ1) is 8.00. The molecular formula is C12H17ClN2O2. The van der Waals surface area contributed by atoms with E-state index in [0.29, 0.717) is 24.5 Å². The predicted molar refractivity (Wildman–Crippen MR) is 68.1 cm³/mol. The molecule has 0 saturated heterocycles. The molecule has 0 saturated carbocycles. The number of nitrogens with zero attached hydrogens (tertiary/aromatic N) is 1. The predicted octanol–water partition coefficient (Wildman–Crippen LogP) is 1.61. The number of carbonyl (C=O) groups excluding carboxylic acids is 1. The molecule has 1 rings (SSSR count). The van der Waals surface area contributed by atoms with Crippen molar-refractivity contribution in [3.63, 3.8) is 0 Å². The molecule has 0 atom stereocenters. The van der Waals surface area contributed by atoms with Crippen LogP contribution >= 0.6 is 11.6 Å². The number of carbonyl (C=O) groups is 1. The lowest BCUT2D eigenvalue weighted by Gasteiger charge is -2.10. The number of amides is 1. The number of hydrogen-bond acceptors (Lipinski definition) is 3. The molecule has 0 bridgehead atoms. The van der Waals surface area contributed by atoms with Crippen LogP contribution in [-0.4, -0.2) is 36.6 Å². The van der Waals surface area contributed by atoms with Gasteiger partial charge in [-0.15, -0.1) is 0 Å². The molecule has 1 amide bonds. The Hall–Kier alpha value is -1.26. The number of halogens is 1. The molecule has 1 aromatic rings. The van der Waals surface area contributed by atoms with Crippen molar-refractivity contribution in [3.05, 3.63) is 28.8 Å². The molecule has 1 aromatic carbocycles. The van der Waals surface area contributed by atoms with E-state index in [4.69, 9.17) is 11.6 Å². The van der Waals surface area contributed by atoms with E-state index in [9.17, 15) is 9.90 Å². The fraction of sp³-hybridized carbons (Fsp3) is 0.417. The Morgan fingerprint density at radius 2 is 2.18 bits per heavy atom. The largest absolute Gasteiger partial charge is 0.506 e. The minimum Gasteiger partial charge on any atom is -0.506 e. The second-order valence-corrected chi connectivity index (χ2v) is 4.41. The van der Waals surface area contributed by atoms with E-state index in [1.807, 2.05) is 0 Å². The van der Waals surface area contributed by atoms with Gasteiger partial charge in [0.2, 0.25) is 5.91 Å². The molecule has 5 heteroatoms. The minimum absolute atomic E-state index is 0.0817. The van der Waals surface area contributed by atoms with E-state index in [2.05, 4.69) is 5.32 Å². The first-order valence-electron chi connectivity index (χ1n) is 5.39. The molecular weight excluding hydrogens is 240 g/mol. The van der Waals surface area contributed by atoms with Gasteiger partial charge >= 0.3 is 0 Å². The van der Waals surface area contributed by atoms with Gasteiger partial charge in [0, 0.05) is 33.6 Å². The molecule has 0 fully saturated rings. The molecule has 0 aliphatic rings. The maximum absolute atomic E-state index is 11.3. The van der Waals surface area contributed by atoms with Crippen molar-refractivity contribution >= 4 is 17.5 Å². The highest BCUT2D eigenvalue weighted by atomic mass is 35.5. The third-order valence-electron chi connectivity index (χ3n) is 2.36. The smallest absolute Gasteiger partial charge is 0.223 e. The van der Waals surface area contributed by atoms with E-state index in [1.54, 1.807) is 37.2 Å². The number of benzene rings is 1. The molecule has 0 heterocycles. The van der Waals surface area contributed by atoms with Crippen molar-refractivity contribution in [1.82, 2.24) is 10.2 Å². The van der Waals surface area contributed by atoms with Crippen LogP contribution < -0.4 is 5.32 Å². The van der Waals surface area contributed by atoms with Gasteiger partial charge in [-0.3, -0.25) is 4.79 Å². The van der Waals surface area contributed by atoms with Gasteiger partial charge in [-0.05, 0) is 17.7 Å². The Balaban J connectivity index is 2.31. The molecule has 0 aliphatic carbocycles. The summed E-state index contributed by atoms with van der Waals surface area (Å²) in [5.74, 6) is 0.180. The normalized spacial score (nSPS) is 10.3. The van der Waals surface area contributed by atoms with Crippen LogP contribution in [0, 0.1) is 0 Å². The zero-order chi connectivity index (χ0) is 12.8. The summed E-state index contributed by atoms with van der Waals surface area (Å²) in [4.78, 5) is 12.9. The lowest BCUT2D eigenvalue weighted by atomic mass is 10.2. The van der Waals surface area contributed by atoms with Crippen molar-refractivity contribution < 1.29 is 9.90 Å². The highest BCUT2D eigenvalue weighted by Gasteiger charge is 2.03. The summed E-state index contributed by atoms with van der Waals surface area (Å²) in [6, 6.07) is 5.06. The number of aromatic hydroxyl groups is 1. The number of phenols is 1. The summed E-state index contributed by atoms with van der Waals surface area (Å²) >= 11 is 5.78. The van der Waals surface area contributed by atoms with Gasteiger partial charge in [0.15, 0.2) is 0 Å². The summed E-state index contributed by atoms with van der Waals surface area (Å²) in [6.07, 6.45) is 0.471. The fourth-order valence-electron chi connectivity index (χ4n) is 1.31. The van der Waals surface area contributed by atoms with E-state index >= 15 is 0 Å². The lowest BCUT2D eigenvalue weighted by Crippen LogP contribution is -2.26. The second-order valence-electron chi connectivity index (χ2n) is 4.00. The van der Waals surface area contributed by atoms with Crippen molar-refractivity contribution in [1.29, 1.82) is 0 Å². The molecule has 0 radical (unpaired) electrons. The highest BCUT2D eigenvalue weighted by Crippen LogP contribution is 2.23. The van der Waals surface area contributed by atoms with E-state index < -0.39 is 0 Å². The standard InChI is InChI=1S/C12H17ClN2O2/c1-15(2)12(17)5-6-14-8-9-3-4-11(16)10(13)7-9/h3-4,7,14,16H,5-6,8H2,1-2H3. The van der Waals surface area contributed by atoms with Gasteiger partial charge in [-0.2, -0.15) is 0 Å². The van der Waals surface area contributed by atoms with Gasteiger partial charge in [0.05, 0.1) is 5.02 Å². The Morgan fingerprint density at radius 1 is 1.47 bits per heavy atom. The van der Waals surface area contributed by atoms with Gasteiger partial charge in [-0.1, -0.05) is 17.7 Å². The molecule has 0 unspecified atom stereocenters. The topological polar surface area (TPSA) is 52.6 Å². The van der Waals surface area contributed by atoms with Crippen molar-refractivity contribution in [2.45, 2.75) is 13.0 Å². The van der Waals surface area contributed by atoms with Crippen molar-refractivity contribution in [3.8, 4) is 5.75 Å². The van der Waals surface area contributed by atoms with Gasteiger partial charge in [0.1, 0.15) is 5.75 Å². The average Bonchev–Trinajstić information content (AvgIpc) is 2.28. The van der Waals surface area contributed by atoms with Gasteiger partial charge < -0.3 is 15.3 Å². The summed E-state index contributed by atoms with van der Waals surface area (Å²) in [6.45, 7) is 1.25. The molecule has 0 aromatic heterocycles. The number of nitrogens with one attached hydrogen (secondary N) is 1. The van der Waals surface area contributed by atoms with E-state index in [0.717, 1.165) is 5.56 Å². The number of hydrogen-bond donors (Lipinski definition) is 2. The van der Waals surface area contributed by atoms with E-state index in [1.165, 1.54) is 0 Å². The molecule has 2 N–H and O–H groups in total. The fourth-order valence-corrected chi connectivity index (χ4v) is 1.52. The SMILES string of the molecule is CN(C)C(=O)CCNCc1ccc(O)c(Cl)c1. The van der Waals surface area contributed by atoms with Crippen LogP contribution in [0.5, 0.6) is 5.75 Å². The van der Waals surface area contributed by atoms with Gasteiger partial charge in [0.25, 0.3) is 0 Å². The first-order valence-corrected chi connectivity index (χ1v) is 5.76. The van der Waals surface area contributed by atoms with Crippen LogP contribution in [0.15, 0.2) is 18.2 Å². The Kier molecular flexibility index (Phi) is 5.25. The van der Waals surface area contributed by atoms with Crippen molar-refractivity contribution in [2.24, 2.45) is 0 Å². The van der Waals surface area contributed by atoms with Gasteiger partial charge in [-0.25, -0.2) is 0 Å². The van der Waals surface area contributed by atoms with Crippen LogP contribution in [0.25, 0.3) is 0 Å². The van der Waals surface area contributed by atoms with Crippen molar-refractivity contribution in [2.75, 3.05) is 20.6 Å². The summed E-state index contributed by atoms with van der Waals surface area (Å²) in [5, 5.41) is 12.7. The maximum atomic E-state index is 11.3. The molecule has 4 nitrogen and oxygen atoms in total. The Bertz CT molecular complexity index is 394.